The molecule has 4 aliphatic heterocycles. The minimum absolute atomic E-state index is 0.000583. The SMILES string of the molecule is COC1(C2CCCCC2)CCN(c2ccc(-c3nnc([C@H]4CC[C@H](CN[C@H]5C[C@@H](O)CNC(=O)[C@@H]6[C@@H](O)[C@@H](C)CN6C(=O)[C@H]([C@H](O)CCNC(CO)CO)NC(=O)[C@H]([C@H](O)Cc6ccc(O)c(OS(=O)(=O)O)c6)NC(=O)[C@@H]6C[C@@H](O)CN6C(=O)[C@H]([C@@H](C)O)NC5=O)CC4)s3)cc2)CC1. The number of carbonyl (C=O) groups excluding carboxylic acids is 6. The molecule has 0 unspecified atom stereocenters. The fourth-order valence-electron chi connectivity index (χ4n) is 14.8. The van der Waals surface area contributed by atoms with E-state index < -0.39 is 194 Å². The Morgan fingerprint density at radius 3 is 2.08 bits per heavy atom. The second-order valence-electron chi connectivity index (χ2n) is 27.4. The zero-order valence-corrected chi connectivity index (χ0v) is 57.1. The number of aliphatic hydroxyl groups is 8. The van der Waals surface area contributed by atoms with Crippen LogP contribution in [0.2, 0.25) is 0 Å². The van der Waals surface area contributed by atoms with Gasteiger partial charge in [0.25, 0.3) is 0 Å². The summed E-state index contributed by atoms with van der Waals surface area (Å²) in [5.74, 6) is -8.41. The number of nitrogens with zero attached hydrogens (tertiary/aromatic N) is 5. The number of carbonyl (C=O) groups is 6. The number of rotatable bonds is 21. The summed E-state index contributed by atoms with van der Waals surface area (Å²) in [6.07, 6.45) is -1.01. The van der Waals surface area contributed by atoms with E-state index in [0.29, 0.717) is 18.8 Å². The van der Waals surface area contributed by atoms with E-state index in [-0.39, 0.29) is 42.6 Å². The van der Waals surface area contributed by atoms with Crippen LogP contribution in [0, 0.1) is 17.8 Å². The average Bonchev–Trinajstić information content (AvgIpc) is 1.55. The highest BCUT2D eigenvalue weighted by atomic mass is 32.3. The van der Waals surface area contributed by atoms with Crippen LogP contribution in [0.3, 0.4) is 0 Å². The molecule has 5 heterocycles. The first-order valence-electron chi connectivity index (χ1n) is 34.0. The van der Waals surface area contributed by atoms with Crippen molar-refractivity contribution >= 4 is 62.9 Å². The number of hydrogen-bond acceptors (Lipinski definition) is 25. The second kappa shape index (κ2) is 33.9. The number of β-amino-alcohol motifs (C(OH)–C–C–N with tert-alkyl or cyclic N) is 1. The van der Waals surface area contributed by atoms with E-state index in [1.54, 1.807) is 11.3 Å². The first kappa shape index (κ1) is 75.9. The summed E-state index contributed by atoms with van der Waals surface area (Å²) < 4.78 is 43.4. The van der Waals surface area contributed by atoms with Gasteiger partial charge < -0.3 is 101 Å². The third-order valence-electron chi connectivity index (χ3n) is 20.6. The van der Waals surface area contributed by atoms with Crippen LogP contribution in [0.5, 0.6) is 11.5 Å². The molecule has 0 radical (unpaired) electrons. The van der Waals surface area contributed by atoms with Crippen molar-refractivity contribution in [1.82, 2.24) is 51.9 Å². The molecular formula is C65H97N11O20S2. The third-order valence-corrected chi connectivity index (χ3v) is 22.1. The van der Waals surface area contributed by atoms with Crippen molar-refractivity contribution in [3.8, 4) is 22.1 Å². The van der Waals surface area contributed by atoms with Crippen LogP contribution in [0.4, 0.5) is 5.69 Å². The molecule has 2 aromatic carbocycles. The van der Waals surface area contributed by atoms with Crippen LogP contribution in [-0.4, -0.2) is 265 Å². The summed E-state index contributed by atoms with van der Waals surface area (Å²) in [6.45, 7) is 2.06. The fourth-order valence-corrected chi connectivity index (χ4v) is 16.2. The van der Waals surface area contributed by atoms with Crippen molar-refractivity contribution < 1.29 is 96.6 Å². The number of amides is 6. The Morgan fingerprint density at radius 2 is 1.43 bits per heavy atom. The number of benzene rings is 2. The first-order chi connectivity index (χ1) is 46.7. The van der Waals surface area contributed by atoms with E-state index >= 15 is 0 Å². The lowest BCUT2D eigenvalue weighted by Crippen LogP contribution is -2.64. The number of aliphatic hydroxyl groups excluding tert-OH is 8. The molecule has 2 saturated carbocycles. The predicted molar refractivity (Wildman–Crippen MR) is 354 cm³/mol. The summed E-state index contributed by atoms with van der Waals surface area (Å²) in [7, 11) is -3.35. The molecular weight excluding hydrogens is 1320 g/mol. The zero-order chi connectivity index (χ0) is 70.8. The standard InChI is InChI=1S/C65H97N11O20S2/c1-35-31-76-55(56(35)85)60(89)68-30-44(80)27-46(67-29-37-9-12-39(13-10-37)61-72-73-62(97-61)40-14-16-43(17-15-40)74-23-20-65(95-3,21-24-74)41-7-5-4-6-8-41)57(86)69-52(36(2)79)63(90)75-32-45(81)28-47(75)58(87)70-53(50(84)25-38-11-18-48(82)51(26-38)96-98(92,93)94)59(88)71-54(64(76)91)49(83)19-22-66-42(33-77)34-78/h11,14-18,26,35-37,39,41-42,44-47,49-50,52-56,66-67,77-85H,4-10,12-13,19-25,27-34H2,1-3H3,(H,68,89)(H,69,86)(H,70,87)(H,71,88)(H,92,93,94)/t35-,36+,37-,39-,44+,45+,46-,47-,49+,50+,52-,53-,54-,55-,56-/m0/s1. The summed E-state index contributed by atoms with van der Waals surface area (Å²) >= 11 is 1.55. The Hall–Kier alpha value is -6.31. The van der Waals surface area contributed by atoms with Crippen LogP contribution in [-0.2, 0) is 50.3 Å². The van der Waals surface area contributed by atoms with Crippen molar-refractivity contribution in [2.24, 2.45) is 17.8 Å². The number of ether oxygens (including phenoxy) is 1. The maximum atomic E-state index is 15.0. The van der Waals surface area contributed by atoms with Gasteiger partial charge in [-0.15, -0.1) is 10.2 Å². The van der Waals surface area contributed by atoms with Crippen LogP contribution in [0.25, 0.3) is 10.6 Å². The Kier molecular flexibility index (Phi) is 26.3. The van der Waals surface area contributed by atoms with Gasteiger partial charge in [0.2, 0.25) is 35.4 Å². The molecule has 16 N–H and O–H groups in total. The van der Waals surface area contributed by atoms with Gasteiger partial charge in [-0.05, 0) is 138 Å². The minimum Gasteiger partial charge on any atom is -0.504 e. The summed E-state index contributed by atoms with van der Waals surface area (Å²) in [5, 5.41) is 126. The van der Waals surface area contributed by atoms with E-state index in [9.17, 15) is 87.7 Å². The van der Waals surface area contributed by atoms with Crippen LogP contribution in [0.15, 0.2) is 42.5 Å². The van der Waals surface area contributed by atoms with Crippen LogP contribution < -0.4 is 41.0 Å². The molecule has 9 rings (SSSR count). The highest BCUT2D eigenvalue weighted by Gasteiger charge is 2.50. The normalized spacial score (nSPS) is 29.4. The molecule has 6 amide bonds. The van der Waals surface area contributed by atoms with Gasteiger partial charge in [-0.1, -0.05) is 43.6 Å². The number of piperidine rings is 1. The molecule has 31 nitrogen and oxygen atoms in total. The van der Waals surface area contributed by atoms with Gasteiger partial charge in [0.1, 0.15) is 40.2 Å². The highest BCUT2D eigenvalue weighted by molar-refractivity contribution is 7.81. The van der Waals surface area contributed by atoms with E-state index in [2.05, 4.69) is 75.4 Å². The molecule has 6 aliphatic rings. The van der Waals surface area contributed by atoms with Crippen molar-refractivity contribution in [2.75, 3.05) is 71.0 Å². The predicted octanol–water partition coefficient (Wildman–Crippen LogP) is -1.93. The monoisotopic (exact) mass is 1420 g/mol. The number of aromatic hydroxyl groups is 1. The van der Waals surface area contributed by atoms with Crippen molar-refractivity contribution in [2.45, 2.75) is 201 Å². The minimum atomic E-state index is -5.22. The van der Waals surface area contributed by atoms with E-state index in [4.69, 9.17) is 4.74 Å². The number of phenols is 1. The van der Waals surface area contributed by atoms with Crippen molar-refractivity contribution in [3.63, 3.8) is 0 Å². The first-order valence-corrected chi connectivity index (χ1v) is 36.2. The molecule has 3 aromatic rings. The number of aromatic nitrogens is 2. The van der Waals surface area contributed by atoms with Gasteiger partial charge >= 0.3 is 10.4 Å². The molecule has 98 heavy (non-hydrogen) atoms. The van der Waals surface area contributed by atoms with E-state index in [0.717, 1.165) is 88.0 Å². The van der Waals surface area contributed by atoms with Gasteiger partial charge in [-0.3, -0.25) is 33.3 Å². The smallest absolute Gasteiger partial charge is 0.446 e. The average molecular weight is 1420 g/mol. The topological polar surface area (TPSA) is 465 Å². The maximum absolute atomic E-state index is 15.0. The maximum Gasteiger partial charge on any atom is 0.446 e. The van der Waals surface area contributed by atoms with Gasteiger partial charge in [-0.2, -0.15) is 8.42 Å². The number of methoxy groups -OCH3 is 1. The highest BCUT2D eigenvalue weighted by Crippen LogP contribution is 2.43. The van der Waals surface area contributed by atoms with Crippen LogP contribution in [0.1, 0.15) is 120 Å². The van der Waals surface area contributed by atoms with Gasteiger partial charge in [0, 0.05) is 75.8 Å². The lowest BCUT2D eigenvalue weighted by molar-refractivity contribution is -0.147. The quantitative estimate of drug-likeness (QED) is 0.0517. The molecule has 544 valence electrons. The van der Waals surface area contributed by atoms with Crippen molar-refractivity contribution in [3.05, 3.63) is 53.0 Å². The third kappa shape index (κ3) is 18.8. The zero-order valence-electron chi connectivity index (χ0n) is 55.4. The fraction of sp³-hybridized carbons (Fsp3) is 0.692. The number of fused-ring (bicyclic) bond motifs is 2. The lowest BCUT2D eigenvalue weighted by atomic mass is 9.72. The number of nitrogens with one attached hydrogen (secondary N) is 6. The van der Waals surface area contributed by atoms with Gasteiger partial charge in [-0.25, -0.2) is 0 Å². The Balaban J connectivity index is 0.929. The Labute approximate surface area is 573 Å². The molecule has 2 aliphatic carbocycles. The lowest BCUT2D eigenvalue weighted by Gasteiger charge is -2.47. The Bertz CT molecular complexity index is 3310. The van der Waals surface area contributed by atoms with E-state index in [1.165, 1.54) is 46.0 Å². The second-order valence-corrected chi connectivity index (χ2v) is 29.4. The summed E-state index contributed by atoms with van der Waals surface area (Å²) in [5.41, 5.74) is 1.99. The number of anilines is 1. The molecule has 4 saturated heterocycles. The van der Waals surface area contributed by atoms with E-state index in [1.807, 2.05) is 7.11 Å². The molecule has 6 fully saturated rings. The van der Waals surface area contributed by atoms with Crippen molar-refractivity contribution in [1.29, 1.82) is 0 Å². The molecule has 0 spiro atoms. The summed E-state index contributed by atoms with van der Waals surface area (Å²) in [4.78, 5) is 92.5. The Morgan fingerprint density at radius 1 is 0.765 bits per heavy atom. The van der Waals surface area contributed by atoms with Gasteiger partial charge in [0.05, 0.1) is 67.5 Å². The molecule has 33 heteroatoms. The largest absolute Gasteiger partial charge is 0.504 e. The molecule has 0 bridgehead atoms. The number of hydrogen-bond donors (Lipinski definition) is 16. The van der Waals surface area contributed by atoms with Gasteiger partial charge in [0.15, 0.2) is 11.5 Å². The number of phenolic OH excluding ortho intramolecular Hbond substituents is 1. The van der Waals surface area contributed by atoms with Crippen LogP contribution >= 0.6 is 11.3 Å². The molecule has 1 aromatic heterocycles. The summed E-state index contributed by atoms with van der Waals surface area (Å²) in [6, 6.07) is -0.318. The molecule has 13 atom stereocenters.